The standard InChI is InChI=1S/C19H19FN4O2/c20-14-5-3-4-13(10-14)11-18(25)23-9-2-1-6-16(23)15-12-19(26)24-17(22-15)7-8-21-24/h3-5,7-8,10,12,16,21H,1-2,6,9,11H2/t16-/m0/s1. The summed E-state index contributed by atoms with van der Waals surface area (Å²) in [7, 11) is 0. The lowest BCUT2D eigenvalue weighted by Gasteiger charge is -2.35. The first-order valence-electron chi connectivity index (χ1n) is 8.73. The van der Waals surface area contributed by atoms with Gasteiger partial charge in [0.25, 0.3) is 5.56 Å². The SMILES string of the molecule is O=C(Cc1cccc(F)c1)N1CCCC[C@H]1c1cc(=O)n2[nH]ccc2n1. The molecule has 7 heteroatoms. The van der Waals surface area contributed by atoms with Crippen LogP contribution in [0.5, 0.6) is 0 Å². The maximum atomic E-state index is 13.4. The Balaban J connectivity index is 1.63. The maximum absolute atomic E-state index is 13.4. The number of likely N-dealkylation sites (tertiary alicyclic amines) is 1. The van der Waals surface area contributed by atoms with E-state index in [1.54, 1.807) is 29.3 Å². The molecule has 1 aliphatic rings. The molecular weight excluding hydrogens is 335 g/mol. The molecule has 0 spiro atoms. The van der Waals surface area contributed by atoms with Crippen LogP contribution >= 0.6 is 0 Å². The van der Waals surface area contributed by atoms with Crippen LogP contribution in [-0.2, 0) is 11.2 Å². The lowest BCUT2D eigenvalue weighted by molar-refractivity contribution is -0.134. The molecule has 1 aromatic carbocycles. The zero-order chi connectivity index (χ0) is 18.1. The number of amides is 1. The van der Waals surface area contributed by atoms with E-state index in [1.165, 1.54) is 22.7 Å². The van der Waals surface area contributed by atoms with Crippen molar-refractivity contribution in [2.75, 3.05) is 6.54 Å². The Morgan fingerprint density at radius 2 is 2.15 bits per heavy atom. The molecule has 1 atom stereocenters. The number of aromatic nitrogens is 3. The zero-order valence-corrected chi connectivity index (χ0v) is 14.2. The number of carbonyl (C=O) groups excluding carboxylic acids is 1. The van der Waals surface area contributed by atoms with Gasteiger partial charge in [-0.3, -0.25) is 14.7 Å². The van der Waals surface area contributed by atoms with E-state index >= 15 is 0 Å². The minimum absolute atomic E-state index is 0.0728. The van der Waals surface area contributed by atoms with Crippen molar-refractivity contribution in [2.24, 2.45) is 0 Å². The molecule has 1 amide bonds. The number of nitrogens with one attached hydrogen (secondary N) is 1. The van der Waals surface area contributed by atoms with Crippen LogP contribution in [-0.4, -0.2) is 31.9 Å². The number of halogens is 1. The number of hydrogen-bond donors (Lipinski definition) is 1. The van der Waals surface area contributed by atoms with Crippen molar-refractivity contribution in [3.63, 3.8) is 0 Å². The maximum Gasteiger partial charge on any atom is 0.272 e. The Bertz CT molecular complexity index is 1010. The van der Waals surface area contributed by atoms with Gasteiger partial charge in [0, 0.05) is 24.9 Å². The van der Waals surface area contributed by atoms with Crippen molar-refractivity contribution in [1.82, 2.24) is 19.5 Å². The molecule has 3 aromatic rings. The van der Waals surface area contributed by atoms with Crippen LogP contribution in [0.4, 0.5) is 4.39 Å². The summed E-state index contributed by atoms with van der Waals surface area (Å²) in [6.45, 7) is 0.618. The van der Waals surface area contributed by atoms with Crippen molar-refractivity contribution in [3.05, 3.63) is 70.0 Å². The molecule has 6 nitrogen and oxygen atoms in total. The molecule has 1 saturated heterocycles. The molecule has 0 bridgehead atoms. The average molecular weight is 354 g/mol. The molecule has 1 aliphatic heterocycles. The van der Waals surface area contributed by atoms with Crippen LogP contribution in [0, 0.1) is 5.82 Å². The summed E-state index contributed by atoms with van der Waals surface area (Å²) < 4.78 is 14.8. The van der Waals surface area contributed by atoms with Gasteiger partial charge < -0.3 is 4.90 Å². The van der Waals surface area contributed by atoms with E-state index in [9.17, 15) is 14.0 Å². The van der Waals surface area contributed by atoms with Crippen LogP contribution in [0.25, 0.3) is 5.65 Å². The molecule has 0 radical (unpaired) electrons. The van der Waals surface area contributed by atoms with Gasteiger partial charge in [0.05, 0.1) is 18.2 Å². The summed E-state index contributed by atoms with van der Waals surface area (Å²) in [5.41, 5.74) is 1.60. The molecule has 0 saturated carbocycles. The Hall–Kier alpha value is -2.96. The fraction of sp³-hybridized carbons (Fsp3) is 0.316. The minimum atomic E-state index is -0.349. The summed E-state index contributed by atoms with van der Waals surface area (Å²) >= 11 is 0. The largest absolute Gasteiger partial charge is 0.334 e. The van der Waals surface area contributed by atoms with E-state index in [0.717, 1.165) is 19.3 Å². The first-order chi connectivity index (χ1) is 12.6. The molecule has 3 heterocycles. The van der Waals surface area contributed by atoms with E-state index < -0.39 is 0 Å². The van der Waals surface area contributed by atoms with Crippen molar-refractivity contribution in [3.8, 4) is 0 Å². The quantitative estimate of drug-likeness (QED) is 0.785. The number of fused-ring (bicyclic) bond motifs is 1. The molecule has 1 fully saturated rings. The fourth-order valence-electron chi connectivity index (χ4n) is 3.58. The van der Waals surface area contributed by atoms with Gasteiger partial charge in [-0.05, 0) is 37.0 Å². The Labute approximate surface area is 149 Å². The molecule has 134 valence electrons. The molecule has 1 N–H and O–H groups in total. The van der Waals surface area contributed by atoms with Crippen LogP contribution in [0.1, 0.15) is 36.6 Å². The third-order valence-corrected chi connectivity index (χ3v) is 4.81. The van der Waals surface area contributed by atoms with Crippen LogP contribution < -0.4 is 5.56 Å². The number of aromatic amines is 1. The monoisotopic (exact) mass is 354 g/mol. The Kier molecular flexibility index (Phi) is 4.28. The molecule has 2 aromatic heterocycles. The summed E-state index contributed by atoms with van der Waals surface area (Å²) in [5.74, 6) is -0.422. The van der Waals surface area contributed by atoms with Crippen LogP contribution in [0.15, 0.2) is 47.4 Å². The van der Waals surface area contributed by atoms with Gasteiger partial charge in [-0.2, -0.15) is 0 Å². The fourth-order valence-corrected chi connectivity index (χ4v) is 3.58. The van der Waals surface area contributed by atoms with Gasteiger partial charge in [-0.1, -0.05) is 12.1 Å². The summed E-state index contributed by atoms with van der Waals surface area (Å²) in [6, 6.07) is 9.09. The average Bonchev–Trinajstić information content (AvgIpc) is 3.11. The number of hydrogen-bond acceptors (Lipinski definition) is 3. The van der Waals surface area contributed by atoms with Crippen molar-refractivity contribution >= 4 is 11.6 Å². The van der Waals surface area contributed by atoms with Gasteiger partial charge in [0.15, 0.2) is 5.65 Å². The molecular formula is C19H19FN4O2. The van der Waals surface area contributed by atoms with E-state index in [0.29, 0.717) is 23.4 Å². The lowest BCUT2D eigenvalue weighted by atomic mass is 9.98. The van der Waals surface area contributed by atoms with Crippen LogP contribution in [0.3, 0.4) is 0 Å². The highest BCUT2D eigenvalue weighted by Crippen LogP contribution is 2.30. The van der Waals surface area contributed by atoms with E-state index in [-0.39, 0.29) is 29.7 Å². The van der Waals surface area contributed by atoms with Crippen molar-refractivity contribution in [1.29, 1.82) is 0 Å². The van der Waals surface area contributed by atoms with E-state index in [2.05, 4.69) is 10.1 Å². The predicted molar refractivity (Wildman–Crippen MR) is 94.2 cm³/mol. The second-order valence-corrected chi connectivity index (χ2v) is 6.58. The normalized spacial score (nSPS) is 17.6. The molecule has 0 unspecified atom stereocenters. The number of rotatable bonds is 3. The van der Waals surface area contributed by atoms with Crippen molar-refractivity contribution < 1.29 is 9.18 Å². The third kappa shape index (κ3) is 3.12. The number of benzene rings is 1. The number of H-pyrrole nitrogens is 1. The highest BCUT2D eigenvalue weighted by atomic mass is 19.1. The lowest BCUT2D eigenvalue weighted by Crippen LogP contribution is -2.40. The first kappa shape index (κ1) is 16.5. The number of piperidine rings is 1. The topological polar surface area (TPSA) is 70.5 Å². The first-order valence-corrected chi connectivity index (χ1v) is 8.73. The second kappa shape index (κ2) is 6.74. The summed E-state index contributed by atoms with van der Waals surface area (Å²) in [4.78, 5) is 31.4. The summed E-state index contributed by atoms with van der Waals surface area (Å²) in [5, 5.41) is 2.82. The van der Waals surface area contributed by atoms with Crippen LogP contribution in [0.2, 0.25) is 0 Å². The third-order valence-electron chi connectivity index (χ3n) is 4.81. The number of carbonyl (C=O) groups is 1. The molecule has 4 rings (SSSR count). The van der Waals surface area contributed by atoms with Gasteiger partial charge in [0.1, 0.15) is 5.82 Å². The van der Waals surface area contributed by atoms with Gasteiger partial charge in [-0.15, -0.1) is 0 Å². The van der Waals surface area contributed by atoms with Gasteiger partial charge >= 0.3 is 0 Å². The smallest absolute Gasteiger partial charge is 0.272 e. The summed E-state index contributed by atoms with van der Waals surface area (Å²) in [6.07, 6.45) is 4.45. The zero-order valence-electron chi connectivity index (χ0n) is 14.2. The van der Waals surface area contributed by atoms with E-state index in [4.69, 9.17) is 0 Å². The molecule has 26 heavy (non-hydrogen) atoms. The van der Waals surface area contributed by atoms with Gasteiger partial charge in [0.2, 0.25) is 5.91 Å². The number of nitrogens with zero attached hydrogens (tertiary/aromatic N) is 3. The second-order valence-electron chi connectivity index (χ2n) is 6.58. The van der Waals surface area contributed by atoms with E-state index in [1.807, 2.05) is 0 Å². The minimum Gasteiger partial charge on any atom is -0.334 e. The Morgan fingerprint density at radius 1 is 1.27 bits per heavy atom. The highest BCUT2D eigenvalue weighted by molar-refractivity contribution is 5.79. The van der Waals surface area contributed by atoms with Gasteiger partial charge in [-0.25, -0.2) is 13.9 Å². The van der Waals surface area contributed by atoms with Crippen molar-refractivity contribution in [2.45, 2.75) is 31.7 Å². The predicted octanol–water partition coefficient (Wildman–Crippen LogP) is 2.46. The highest BCUT2D eigenvalue weighted by Gasteiger charge is 2.29. The molecule has 0 aliphatic carbocycles. The Morgan fingerprint density at radius 3 is 3.00 bits per heavy atom.